The van der Waals surface area contributed by atoms with E-state index in [1.807, 2.05) is 0 Å². The molecule has 0 spiro atoms. The number of esters is 3. The lowest BCUT2D eigenvalue weighted by Crippen LogP contribution is -2.30. The molecular formula is C53H90O6. The monoisotopic (exact) mass is 823 g/mol. The van der Waals surface area contributed by atoms with E-state index in [1.54, 1.807) is 0 Å². The van der Waals surface area contributed by atoms with E-state index in [0.29, 0.717) is 19.3 Å². The fourth-order valence-corrected chi connectivity index (χ4v) is 6.48. The number of allylic oxidation sites excluding steroid dienone is 12. The Morgan fingerprint density at radius 2 is 0.661 bits per heavy atom. The maximum atomic E-state index is 12.7. The van der Waals surface area contributed by atoms with E-state index in [0.717, 1.165) is 103 Å². The molecule has 0 radical (unpaired) electrons. The van der Waals surface area contributed by atoms with Crippen molar-refractivity contribution in [3.05, 3.63) is 72.9 Å². The topological polar surface area (TPSA) is 78.9 Å². The van der Waals surface area contributed by atoms with Gasteiger partial charge in [-0.15, -0.1) is 0 Å². The Hall–Kier alpha value is -3.15. The number of carbonyl (C=O) groups is 3. The maximum absolute atomic E-state index is 12.7. The third kappa shape index (κ3) is 45.8. The lowest BCUT2D eigenvalue weighted by molar-refractivity contribution is -0.167. The van der Waals surface area contributed by atoms with Gasteiger partial charge in [-0.05, 0) is 109 Å². The third-order valence-electron chi connectivity index (χ3n) is 10.2. The van der Waals surface area contributed by atoms with Gasteiger partial charge in [0.2, 0.25) is 0 Å². The van der Waals surface area contributed by atoms with E-state index < -0.39 is 6.10 Å². The highest BCUT2D eigenvalue weighted by atomic mass is 16.6. The fraction of sp³-hybridized carbons (Fsp3) is 0.717. The van der Waals surface area contributed by atoms with Crippen LogP contribution in [-0.4, -0.2) is 37.2 Å². The van der Waals surface area contributed by atoms with Gasteiger partial charge in [0.05, 0.1) is 0 Å². The van der Waals surface area contributed by atoms with Gasteiger partial charge in [-0.3, -0.25) is 14.4 Å². The highest BCUT2D eigenvalue weighted by Gasteiger charge is 2.19. The first kappa shape index (κ1) is 55.9. The minimum atomic E-state index is -0.798. The lowest BCUT2D eigenvalue weighted by Gasteiger charge is -2.18. The normalized spacial score (nSPS) is 12.7. The van der Waals surface area contributed by atoms with Crippen molar-refractivity contribution in [1.82, 2.24) is 0 Å². The summed E-state index contributed by atoms with van der Waals surface area (Å²) in [6.45, 7) is 6.43. The average molecular weight is 823 g/mol. The molecule has 0 amide bonds. The molecule has 0 aliphatic heterocycles. The summed E-state index contributed by atoms with van der Waals surface area (Å²) in [5.41, 5.74) is 0. The Kier molecular flexibility index (Phi) is 45.0. The molecule has 0 aromatic heterocycles. The second-order valence-corrected chi connectivity index (χ2v) is 16.0. The first-order chi connectivity index (χ1) is 29.0. The van der Waals surface area contributed by atoms with Crippen LogP contribution in [0.15, 0.2) is 72.9 Å². The van der Waals surface area contributed by atoms with Gasteiger partial charge in [0, 0.05) is 19.3 Å². The van der Waals surface area contributed by atoms with E-state index in [2.05, 4.69) is 93.7 Å². The van der Waals surface area contributed by atoms with Crippen molar-refractivity contribution in [1.29, 1.82) is 0 Å². The molecule has 0 heterocycles. The molecule has 0 aromatic carbocycles. The van der Waals surface area contributed by atoms with Gasteiger partial charge in [0.25, 0.3) is 0 Å². The molecule has 0 aliphatic rings. The van der Waals surface area contributed by atoms with Crippen LogP contribution in [0.1, 0.15) is 226 Å². The van der Waals surface area contributed by atoms with Crippen LogP contribution in [0.2, 0.25) is 0 Å². The fourth-order valence-electron chi connectivity index (χ4n) is 6.48. The summed E-state index contributed by atoms with van der Waals surface area (Å²) in [4.78, 5) is 37.9. The zero-order chi connectivity index (χ0) is 43.0. The van der Waals surface area contributed by atoms with Crippen molar-refractivity contribution in [2.75, 3.05) is 13.2 Å². The Balaban J connectivity index is 4.48. The molecule has 0 aliphatic carbocycles. The van der Waals surface area contributed by atoms with Gasteiger partial charge in [-0.1, -0.05) is 171 Å². The van der Waals surface area contributed by atoms with Crippen molar-refractivity contribution in [2.45, 2.75) is 232 Å². The summed E-state index contributed by atoms with van der Waals surface area (Å²) >= 11 is 0. The highest BCUT2D eigenvalue weighted by molar-refractivity contribution is 5.71. The molecule has 0 rings (SSSR count). The number of carbonyl (C=O) groups excluding carboxylic acids is 3. The number of ether oxygens (including phenoxy) is 3. The van der Waals surface area contributed by atoms with Gasteiger partial charge in [-0.25, -0.2) is 0 Å². The van der Waals surface area contributed by atoms with Gasteiger partial charge in [-0.2, -0.15) is 0 Å². The van der Waals surface area contributed by atoms with E-state index in [-0.39, 0.29) is 31.1 Å². The van der Waals surface area contributed by atoms with Crippen LogP contribution >= 0.6 is 0 Å². The van der Waals surface area contributed by atoms with Crippen molar-refractivity contribution in [3.8, 4) is 0 Å². The van der Waals surface area contributed by atoms with Gasteiger partial charge >= 0.3 is 17.9 Å². The Labute approximate surface area is 363 Å². The second-order valence-electron chi connectivity index (χ2n) is 16.0. The number of hydrogen-bond donors (Lipinski definition) is 0. The molecule has 0 fully saturated rings. The van der Waals surface area contributed by atoms with E-state index in [4.69, 9.17) is 14.2 Å². The molecule has 6 heteroatoms. The molecule has 338 valence electrons. The predicted molar refractivity (Wildman–Crippen MR) is 251 cm³/mol. The molecule has 0 saturated carbocycles. The number of unbranched alkanes of at least 4 members (excludes halogenated alkanes) is 20. The van der Waals surface area contributed by atoms with Crippen molar-refractivity contribution in [3.63, 3.8) is 0 Å². The highest BCUT2D eigenvalue weighted by Crippen LogP contribution is 2.13. The molecule has 0 unspecified atom stereocenters. The summed E-state index contributed by atoms with van der Waals surface area (Å²) in [5.74, 6) is -0.959. The largest absolute Gasteiger partial charge is 0.462 e. The molecule has 0 aromatic rings. The van der Waals surface area contributed by atoms with Crippen LogP contribution in [0.4, 0.5) is 0 Å². The smallest absolute Gasteiger partial charge is 0.306 e. The summed E-state index contributed by atoms with van der Waals surface area (Å²) in [6.07, 6.45) is 58.8. The lowest BCUT2D eigenvalue weighted by atomic mass is 10.1. The summed E-state index contributed by atoms with van der Waals surface area (Å²) in [5, 5.41) is 0. The first-order valence-corrected chi connectivity index (χ1v) is 24.4. The van der Waals surface area contributed by atoms with Crippen molar-refractivity contribution < 1.29 is 28.6 Å². The number of hydrogen-bond acceptors (Lipinski definition) is 6. The Morgan fingerprint density at radius 3 is 1.08 bits per heavy atom. The van der Waals surface area contributed by atoms with Crippen LogP contribution in [-0.2, 0) is 28.6 Å². The minimum absolute atomic E-state index is 0.0966. The van der Waals surface area contributed by atoms with E-state index in [1.165, 1.54) is 83.5 Å². The quantitative estimate of drug-likeness (QED) is 0.0264. The summed E-state index contributed by atoms with van der Waals surface area (Å²) in [6, 6.07) is 0. The van der Waals surface area contributed by atoms with Crippen LogP contribution in [0.3, 0.4) is 0 Å². The molecular weight excluding hydrogens is 733 g/mol. The Morgan fingerprint density at radius 1 is 0.356 bits per heavy atom. The number of rotatable bonds is 43. The third-order valence-corrected chi connectivity index (χ3v) is 10.2. The zero-order valence-corrected chi connectivity index (χ0v) is 38.5. The molecule has 59 heavy (non-hydrogen) atoms. The van der Waals surface area contributed by atoms with E-state index in [9.17, 15) is 14.4 Å². The van der Waals surface area contributed by atoms with Crippen LogP contribution in [0, 0.1) is 0 Å². The summed E-state index contributed by atoms with van der Waals surface area (Å²) in [7, 11) is 0. The van der Waals surface area contributed by atoms with Crippen LogP contribution in [0.5, 0.6) is 0 Å². The van der Waals surface area contributed by atoms with Gasteiger partial charge in [0.15, 0.2) is 6.10 Å². The van der Waals surface area contributed by atoms with E-state index >= 15 is 0 Å². The molecule has 1 atom stereocenters. The molecule has 0 bridgehead atoms. The van der Waals surface area contributed by atoms with Gasteiger partial charge in [0.1, 0.15) is 13.2 Å². The van der Waals surface area contributed by atoms with Crippen molar-refractivity contribution in [2.24, 2.45) is 0 Å². The van der Waals surface area contributed by atoms with Crippen LogP contribution in [0.25, 0.3) is 0 Å². The predicted octanol–water partition coefficient (Wildman–Crippen LogP) is 15.9. The molecule has 0 N–H and O–H groups in total. The first-order valence-electron chi connectivity index (χ1n) is 24.4. The second kappa shape index (κ2) is 47.5. The molecule has 6 nitrogen and oxygen atoms in total. The Bertz CT molecular complexity index is 1130. The molecule has 0 saturated heterocycles. The zero-order valence-electron chi connectivity index (χ0n) is 38.5. The maximum Gasteiger partial charge on any atom is 0.306 e. The average Bonchev–Trinajstić information content (AvgIpc) is 3.23. The van der Waals surface area contributed by atoms with Crippen LogP contribution < -0.4 is 0 Å². The standard InChI is InChI=1S/C53H90O6/c1-4-7-10-13-16-19-22-25-26-29-31-34-37-40-43-46-52(55)58-49-50(59-53(56)47-44-41-38-35-32-28-24-21-18-15-12-9-6-3)48-57-51(54)45-42-39-36-33-30-27-23-20-17-14-11-8-5-2/h7,10,16,19-21,23-26,31,34,50H,4-6,8-9,11-15,17-18,22,27-30,32-33,35-49H2,1-3H3/b10-7-,19-16-,23-20-,24-21-,26-25-,34-31-/t50-/m0/s1. The van der Waals surface area contributed by atoms with Gasteiger partial charge < -0.3 is 14.2 Å². The SMILES string of the molecule is CC/C=C\C/C=C\C/C=C\C/C=C\CCCCC(=O)OC[C@H](COC(=O)CCCCCCC/C=C\CCCCCC)OC(=O)CCCCCCC/C=C\CCCCCC. The van der Waals surface area contributed by atoms with Crippen molar-refractivity contribution >= 4 is 17.9 Å². The minimum Gasteiger partial charge on any atom is -0.462 e. The summed E-state index contributed by atoms with van der Waals surface area (Å²) < 4.78 is 16.7.